The number of aliphatic hydroxyl groups excluding tert-OH is 1. The molecule has 1 fully saturated rings. The highest BCUT2D eigenvalue weighted by atomic mass is 16.3. The molecule has 3 heteroatoms. The van der Waals surface area contributed by atoms with Crippen LogP contribution in [0.4, 0.5) is 0 Å². The molecule has 0 aliphatic heterocycles. The van der Waals surface area contributed by atoms with E-state index in [9.17, 15) is 5.11 Å². The normalized spacial score (nSPS) is 29.5. The van der Waals surface area contributed by atoms with E-state index in [4.69, 9.17) is 0 Å². The minimum absolute atomic E-state index is 0.360. The van der Waals surface area contributed by atoms with E-state index >= 15 is 0 Å². The summed E-state index contributed by atoms with van der Waals surface area (Å²) in [6.45, 7) is 0. The molecule has 2 aromatic rings. The number of rotatable bonds is 2. The maximum Gasteiger partial charge on any atom is 0.101 e. The molecule has 0 saturated heterocycles. The summed E-state index contributed by atoms with van der Waals surface area (Å²) in [7, 11) is 1.89. The standard InChI is InChI=1S/C16H18N2O/c1-18-9-8-13(17-18)16(19)15-12-7-6-10-4-2-3-5-11(10)14(12)15/h2-5,8-9,12,14-16,19H,6-7H2,1H3. The van der Waals surface area contributed by atoms with Gasteiger partial charge < -0.3 is 5.11 Å². The summed E-state index contributed by atoms with van der Waals surface area (Å²) in [6, 6.07) is 10.6. The van der Waals surface area contributed by atoms with Crippen LogP contribution in [-0.4, -0.2) is 14.9 Å². The second kappa shape index (κ2) is 3.94. The molecule has 4 unspecified atom stereocenters. The van der Waals surface area contributed by atoms with Crippen molar-refractivity contribution < 1.29 is 5.11 Å². The average molecular weight is 254 g/mol. The van der Waals surface area contributed by atoms with E-state index in [-0.39, 0.29) is 0 Å². The molecule has 1 saturated carbocycles. The summed E-state index contributed by atoms with van der Waals surface area (Å²) < 4.78 is 1.76. The summed E-state index contributed by atoms with van der Waals surface area (Å²) >= 11 is 0. The van der Waals surface area contributed by atoms with Crippen molar-refractivity contribution in [2.24, 2.45) is 18.9 Å². The van der Waals surface area contributed by atoms with E-state index in [0.29, 0.717) is 17.8 Å². The van der Waals surface area contributed by atoms with Crippen LogP contribution in [0.2, 0.25) is 0 Å². The lowest BCUT2D eigenvalue weighted by Gasteiger charge is -2.13. The molecular formula is C16H18N2O. The number of nitrogens with zero attached hydrogens (tertiary/aromatic N) is 2. The Morgan fingerprint density at radius 3 is 2.95 bits per heavy atom. The zero-order valence-corrected chi connectivity index (χ0v) is 11.0. The van der Waals surface area contributed by atoms with Gasteiger partial charge in [0.25, 0.3) is 0 Å². The molecule has 0 spiro atoms. The summed E-state index contributed by atoms with van der Waals surface area (Å²) in [5.74, 6) is 1.55. The molecule has 1 N–H and O–H groups in total. The molecule has 0 bridgehead atoms. The molecule has 0 radical (unpaired) electrons. The van der Waals surface area contributed by atoms with E-state index in [0.717, 1.165) is 12.1 Å². The maximum absolute atomic E-state index is 10.6. The Kier molecular flexibility index (Phi) is 2.33. The van der Waals surface area contributed by atoms with E-state index in [1.54, 1.807) is 4.68 Å². The van der Waals surface area contributed by atoms with E-state index in [1.165, 1.54) is 17.5 Å². The maximum atomic E-state index is 10.6. The van der Waals surface area contributed by atoms with Crippen LogP contribution in [-0.2, 0) is 13.5 Å². The van der Waals surface area contributed by atoms with Gasteiger partial charge in [-0.2, -0.15) is 5.10 Å². The van der Waals surface area contributed by atoms with Gasteiger partial charge in [0.05, 0.1) is 5.69 Å². The quantitative estimate of drug-likeness (QED) is 0.894. The molecule has 0 amide bonds. The fourth-order valence-corrected chi connectivity index (χ4v) is 3.84. The number of aryl methyl sites for hydroxylation is 2. The number of hydrogen-bond acceptors (Lipinski definition) is 2. The molecular weight excluding hydrogens is 236 g/mol. The predicted octanol–water partition coefficient (Wildman–Crippen LogP) is 2.43. The molecule has 98 valence electrons. The third-order valence-electron chi connectivity index (χ3n) is 4.79. The van der Waals surface area contributed by atoms with Crippen LogP contribution < -0.4 is 0 Å². The van der Waals surface area contributed by atoms with Gasteiger partial charge in [-0.3, -0.25) is 4.68 Å². The van der Waals surface area contributed by atoms with Gasteiger partial charge >= 0.3 is 0 Å². The summed E-state index contributed by atoms with van der Waals surface area (Å²) in [5, 5.41) is 14.9. The minimum atomic E-state index is -0.414. The molecule has 1 aromatic carbocycles. The number of hydrogen-bond donors (Lipinski definition) is 1. The van der Waals surface area contributed by atoms with Crippen molar-refractivity contribution in [1.29, 1.82) is 0 Å². The Morgan fingerprint density at radius 1 is 1.32 bits per heavy atom. The molecule has 1 aromatic heterocycles. The minimum Gasteiger partial charge on any atom is -0.386 e. The monoisotopic (exact) mass is 254 g/mol. The summed E-state index contributed by atoms with van der Waals surface area (Å²) in [4.78, 5) is 0. The third-order valence-corrected chi connectivity index (χ3v) is 4.79. The van der Waals surface area contributed by atoms with Gasteiger partial charge in [0.2, 0.25) is 0 Å². The fourth-order valence-electron chi connectivity index (χ4n) is 3.84. The van der Waals surface area contributed by atoms with E-state index in [2.05, 4.69) is 29.4 Å². The van der Waals surface area contributed by atoms with Gasteiger partial charge in [0.15, 0.2) is 0 Å². The number of fused-ring (bicyclic) bond motifs is 3. The van der Waals surface area contributed by atoms with Crippen molar-refractivity contribution in [3.63, 3.8) is 0 Å². The van der Waals surface area contributed by atoms with Crippen molar-refractivity contribution in [2.45, 2.75) is 24.9 Å². The second-order valence-corrected chi connectivity index (χ2v) is 5.86. The Balaban J connectivity index is 1.63. The van der Waals surface area contributed by atoms with Crippen LogP contribution in [0, 0.1) is 11.8 Å². The lowest BCUT2D eigenvalue weighted by Crippen LogP contribution is -2.04. The van der Waals surface area contributed by atoms with Crippen LogP contribution in [0.3, 0.4) is 0 Å². The van der Waals surface area contributed by atoms with Gasteiger partial charge in [-0.05, 0) is 41.9 Å². The van der Waals surface area contributed by atoms with Crippen molar-refractivity contribution in [1.82, 2.24) is 9.78 Å². The SMILES string of the molecule is Cn1ccc(C(O)C2C3CCc4ccccc4C32)n1. The molecule has 2 aliphatic rings. The summed E-state index contributed by atoms with van der Waals surface area (Å²) in [5.41, 5.74) is 3.75. The van der Waals surface area contributed by atoms with Gasteiger partial charge in [0, 0.05) is 19.2 Å². The highest BCUT2D eigenvalue weighted by Crippen LogP contribution is 2.63. The summed E-state index contributed by atoms with van der Waals surface area (Å²) in [6.07, 6.45) is 3.85. The Bertz CT molecular complexity index is 619. The Hall–Kier alpha value is -1.61. The smallest absolute Gasteiger partial charge is 0.101 e. The van der Waals surface area contributed by atoms with E-state index < -0.39 is 6.10 Å². The molecule has 4 atom stereocenters. The van der Waals surface area contributed by atoms with Crippen molar-refractivity contribution in [2.75, 3.05) is 0 Å². The van der Waals surface area contributed by atoms with Gasteiger partial charge in [-0.25, -0.2) is 0 Å². The first-order valence-electron chi connectivity index (χ1n) is 7.01. The number of benzene rings is 1. The largest absolute Gasteiger partial charge is 0.386 e. The first-order chi connectivity index (χ1) is 9.25. The van der Waals surface area contributed by atoms with Crippen LogP contribution in [0.1, 0.15) is 35.3 Å². The third kappa shape index (κ3) is 1.65. The second-order valence-electron chi connectivity index (χ2n) is 5.86. The molecule has 2 aliphatic carbocycles. The van der Waals surface area contributed by atoms with Gasteiger partial charge in [0.1, 0.15) is 6.10 Å². The van der Waals surface area contributed by atoms with Gasteiger partial charge in [-0.1, -0.05) is 24.3 Å². The van der Waals surface area contributed by atoms with Crippen molar-refractivity contribution in [3.05, 3.63) is 53.3 Å². The van der Waals surface area contributed by atoms with Crippen LogP contribution in [0.5, 0.6) is 0 Å². The number of aromatic nitrogens is 2. The fraction of sp³-hybridized carbons (Fsp3) is 0.438. The molecule has 3 nitrogen and oxygen atoms in total. The zero-order valence-electron chi connectivity index (χ0n) is 11.0. The average Bonchev–Trinajstić information content (AvgIpc) is 3.03. The highest BCUT2D eigenvalue weighted by Gasteiger charge is 2.56. The van der Waals surface area contributed by atoms with Crippen LogP contribution in [0.15, 0.2) is 36.5 Å². The van der Waals surface area contributed by atoms with Crippen LogP contribution >= 0.6 is 0 Å². The lowest BCUT2D eigenvalue weighted by atomic mass is 9.92. The Morgan fingerprint density at radius 2 is 2.16 bits per heavy atom. The van der Waals surface area contributed by atoms with Gasteiger partial charge in [-0.15, -0.1) is 0 Å². The highest BCUT2D eigenvalue weighted by molar-refractivity contribution is 5.40. The first kappa shape index (κ1) is 11.2. The Labute approximate surface area is 112 Å². The molecule has 1 heterocycles. The predicted molar refractivity (Wildman–Crippen MR) is 72.7 cm³/mol. The zero-order chi connectivity index (χ0) is 13.0. The van der Waals surface area contributed by atoms with Crippen LogP contribution in [0.25, 0.3) is 0 Å². The van der Waals surface area contributed by atoms with E-state index in [1.807, 2.05) is 19.3 Å². The number of aliphatic hydroxyl groups is 1. The first-order valence-corrected chi connectivity index (χ1v) is 7.01. The van der Waals surface area contributed by atoms with Crippen molar-refractivity contribution in [3.8, 4) is 0 Å². The topological polar surface area (TPSA) is 38.0 Å². The lowest BCUT2D eigenvalue weighted by molar-refractivity contribution is 0.139. The molecule has 4 rings (SSSR count). The van der Waals surface area contributed by atoms with Crippen molar-refractivity contribution >= 4 is 0 Å². The molecule has 19 heavy (non-hydrogen) atoms.